The molecule has 0 saturated heterocycles. The predicted octanol–water partition coefficient (Wildman–Crippen LogP) is 4.26. The second kappa shape index (κ2) is 10.3. The Balaban J connectivity index is 0.000000791. The van der Waals surface area contributed by atoms with Gasteiger partial charge in [-0.05, 0) is 19.1 Å². The van der Waals surface area contributed by atoms with Crippen LogP contribution in [0.5, 0.6) is 0 Å². The topological polar surface area (TPSA) is 108 Å². The average molecular weight is 376 g/mol. The number of carbonyl (C=O) groups excluding carboxylic acids is 1. The van der Waals surface area contributed by atoms with Crippen molar-refractivity contribution in [2.75, 3.05) is 5.32 Å². The van der Waals surface area contributed by atoms with Crippen LogP contribution in [0.4, 0.5) is 5.95 Å². The number of para-hydroxylation sites is 2. The van der Waals surface area contributed by atoms with Crippen LogP contribution in [0.25, 0.3) is 11.0 Å². The van der Waals surface area contributed by atoms with Crippen molar-refractivity contribution < 1.29 is 14.7 Å². The molecule has 3 rings (SSSR count). The molecule has 140 valence electrons. The van der Waals surface area contributed by atoms with Gasteiger partial charge in [0.1, 0.15) is 4.88 Å². The molecule has 0 aliphatic rings. The van der Waals surface area contributed by atoms with Crippen molar-refractivity contribution in [3.63, 3.8) is 0 Å². The highest BCUT2D eigenvalue weighted by atomic mass is 32.1. The van der Waals surface area contributed by atoms with Crippen molar-refractivity contribution in [2.24, 2.45) is 0 Å². The Morgan fingerprint density at radius 1 is 1.15 bits per heavy atom. The molecule has 3 N–H and O–H groups in total. The molecule has 0 aliphatic carbocycles. The van der Waals surface area contributed by atoms with Gasteiger partial charge in [0.25, 0.3) is 0 Å². The lowest BCUT2D eigenvalue weighted by molar-refractivity contribution is -0.115. The summed E-state index contributed by atoms with van der Waals surface area (Å²) in [5, 5.41) is 12.3. The summed E-state index contributed by atoms with van der Waals surface area (Å²) in [4.78, 5) is 34.6. The van der Waals surface area contributed by atoms with E-state index >= 15 is 0 Å². The van der Waals surface area contributed by atoms with E-state index in [2.05, 4.69) is 20.3 Å². The number of aromatic amines is 1. The first-order valence-corrected chi connectivity index (χ1v) is 9.29. The number of hydrogen-bond acceptors (Lipinski definition) is 5. The third-order valence-electron chi connectivity index (χ3n) is 2.97. The molecule has 8 heteroatoms. The monoisotopic (exact) mass is 376 g/mol. The van der Waals surface area contributed by atoms with E-state index in [0.29, 0.717) is 11.0 Å². The Morgan fingerprint density at radius 2 is 1.81 bits per heavy atom. The third-order valence-corrected chi connectivity index (χ3v) is 3.97. The number of thiazole rings is 1. The van der Waals surface area contributed by atoms with Crippen molar-refractivity contribution in [1.29, 1.82) is 0 Å². The van der Waals surface area contributed by atoms with Gasteiger partial charge in [0.15, 0.2) is 0 Å². The van der Waals surface area contributed by atoms with Gasteiger partial charge in [0, 0.05) is 0 Å². The fourth-order valence-corrected chi connectivity index (χ4v) is 2.87. The minimum absolute atomic E-state index is 0.0947. The number of rotatable bonds is 4. The number of aryl methyl sites for hydroxylation is 1. The van der Waals surface area contributed by atoms with Crippen molar-refractivity contribution >= 4 is 40.2 Å². The maximum Gasteiger partial charge on any atom is 0.347 e. The van der Waals surface area contributed by atoms with Crippen molar-refractivity contribution in [3.05, 3.63) is 39.8 Å². The highest BCUT2D eigenvalue weighted by Gasteiger charge is 2.18. The van der Waals surface area contributed by atoms with E-state index in [1.807, 2.05) is 52.0 Å². The van der Waals surface area contributed by atoms with Crippen LogP contribution in [0.15, 0.2) is 24.3 Å². The molecule has 0 bridgehead atoms. The molecule has 26 heavy (non-hydrogen) atoms. The number of anilines is 1. The zero-order valence-electron chi connectivity index (χ0n) is 15.6. The Labute approximate surface area is 156 Å². The van der Waals surface area contributed by atoms with E-state index in [-0.39, 0.29) is 22.9 Å². The number of H-pyrrole nitrogens is 1. The molecule has 0 spiro atoms. The van der Waals surface area contributed by atoms with E-state index in [0.717, 1.165) is 22.4 Å². The van der Waals surface area contributed by atoms with E-state index in [4.69, 9.17) is 5.11 Å². The van der Waals surface area contributed by atoms with Gasteiger partial charge in [-0.25, -0.2) is 14.8 Å². The molecule has 0 radical (unpaired) electrons. The van der Waals surface area contributed by atoms with E-state index in [1.165, 1.54) is 0 Å². The maximum absolute atomic E-state index is 12.0. The van der Waals surface area contributed by atoms with Crippen molar-refractivity contribution in [3.8, 4) is 0 Å². The Bertz CT molecular complexity index is 837. The molecule has 0 atom stereocenters. The zero-order valence-corrected chi connectivity index (χ0v) is 16.4. The summed E-state index contributed by atoms with van der Waals surface area (Å²) in [6.45, 7) is 9.71. The highest BCUT2D eigenvalue weighted by Crippen LogP contribution is 2.19. The van der Waals surface area contributed by atoms with Crippen LogP contribution in [-0.4, -0.2) is 31.9 Å². The quantitative estimate of drug-likeness (QED) is 0.630. The molecule has 0 aliphatic heterocycles. The number of benzene rings is 1. The summed E-state index contributed by atoms with van der Waals surface area (Å²) in [5.41, 5.74) is 1.82. The van der Waals surface area contributed by atoms with E-state index in [1.54, 1.807) is 6.92 Å². The summed E-state index contributed by atoms with van der Waals surface area (Å²) in [6, 6.07) is 7.40. The van der Waals surface area contributed by atoms with Gasteiger partial charge in [-0.3, -0.25) is 10.1 Å². The average Bonchev–Trinajstić information content (AvgIpc) is 3.20. The van der Waals surface area contributed by atoms with Gasteiger partial charge < -0.3 is 10.1 Å². The van der Waals surface area contributed by atoms with Gasteiger partial charge in [-0.15, -0.1) is 11.3 Å². The number of nitrogens with zero attached hydrogens (tertiary/aromatic N) is 2. The van der Waals surface area contributed by atoms with Crippen LogP contribution >= 0.6 is 11.3 Å². The lowest BCUT2D eigenvalue weighted by Gasteiger charge is -2.00. The third kappa shape index (κ3) is 5.38. The van der Waals surface area contributed by atoms with Gasteiger partial charge in [0.2, 0.25) is 11.9 Å². The second-order valence-electron chi connectivity index (χ2n) is 4.64. The van der Waals surface area contributed by atoms with E-state index in [9.17, 15) is 9.59 Å². The summed E-state index contributed by atoms with van der Waals surface area (Å²) < 4.78 is 0. The largest absolute Gasteiger partial charge is 0.477 e. The number of aromatic nitrogens is 3. The fraction of sp³-hybridized carbons (Fsp3) is 0.333. The van der Waals surface area contributed by atoms with Gasteiger partial charge >= 0.3 is 5.97 Å². The summed E-state index contributed by atoms with van der Waals surface area (Å²) in [5.74, 6) is -1.11. The Hall–Kier alpha value is -2.74. The Kier molecular flexibility index (Phi) is 8.44. The normalized spacial score (nSPS) is 9.58. The van der Waals surface area contributed by atoms with Crippen LogP contribution in [-0.2, 0) is 11.2 Å². The molecule has 0 unspecified atom stereocenters. The second-order valence-corrected chi connectivity index (χ2v) is 5.84. The van der Waals surface area contributed by atoms with Gasteiger partial charge in [-0.2, -0.15) is 0 Å². The molecule has 2 aromatic heterocycles. The number of amides is 1. The van der Waals surface area contributed by atoms with E-state index < -0.39 is 5.97 Å². The molecular formula is C18H24N4O3S. The van der Waals surface area contributed by atoms with Crippen LogP contribution in [0.2, 0.25) is 0 Å². The molecular weight excluding hydrogens is 352 g/mol. The lowest BCUT2D eigenvalue weighted by atomic mass is 10.2. The zero-order chi connectivity index (χ0) is 19.7. The number of imidazole rings is 1. The predicted molar refractivity (Wildman–Crippen MR) is 105 cm³/mol. The molecule has 3 aromatic rings. The number of hydrogen-bond donors (Lipinski definition) is 3. The number of aromatic carboxylic acids is 1. The molecule has 1 aromatic carbocycles. The van der Waals surface area contributed by atoms with Crippen LogP contribution < -0.4 is 5.32 Å². The smallest absolute Gasteiger partial charge is 0.347 e. The lowest BCUT2D eigenvalue weighted by Crippen LogP contribution is -2.17. The van der Waals surface area contributed by atoms with Crippen molar-refractivity contribution in [2.45, 2.75) is 41.0 Å². The standard InChI is InChI=1S/C14H12N4O3S.2C2H6/c1-7-15-10(12(22-7)13(20)21)6-11(19)18-14-16-8-4-2-3-5-9(8)17-14;2*1-2/h2-5H,6H2,1H3,(H,20,21)(H2,16,17,18,19);2*1-2H3. The van der Waals surface area contributed by atoms with Crippen molar-refractivity contribution in [1.82, 2.24) is 15.0 Å². The summed E-state index contributed by atoms with van der Waals surface area (Å²) in [6.07, 6.45) is -0.108. The molecule has 2 heterocycles. The minimum atomic E-state index is -1.07. The molecule has 1 amide bonds. The van der Waals surface area contributed by atoms with Crippen LogP contribution in [0.1, 0.15) is 48.1 Å². The summed E-state index contributed by atoms with van der Waals surface area (Å²) in [7, 11) is 0. The number of carbonyl (C=O) groups is 2. The first kappa shape index (κ1) is 21.3. The molecule has 0 fully saturated rings. The summed E-state index contributed by atoms with van der Waals surface area (Å²) >= 11 is 1.06. The number of nitrogens with one attached hydrogen (secondary N) is 2. The number of carboxylic acids is 1. The maximum atomic E-state index is 12.0. The van der Waals surface area contributed by atoms with Crippen LogP contribution in [0, 0.1) is 6.92 Å². The minimum Gasteiger partial charge on any atom is -0.477 e. The number of carboxylic acid groups (broad SMARTS) is 1. The first-order valence-electron chi connectivity index (χ1n) is 8.47. The Morgan fingerprint density at radius 3 is 2.42 bits per heavy atom. The van der Waals surface area contributed by atoms with Gasteiger partial charge in [0.05, 0.1) is 28.2 Å². The molecule has 7 nitrogen and oxygen atoms in total. The fourth-order valence-electron chi connectivity index (χ4n) is 2.10. The first-order chi connectivity index (χ1) is 12.5. The van der Waals surface area contributed by atoms with Gasteiger partial charge in [-0.1, -0.05) is 39.8 Å². The SMILES string of the molecule is CC.CC.Cc1nc(CC(=O)Nc2nc3ccccc3[nH]2)c(C(=O)O)s1. The number of fused-ring (bicyclic) bond motifs is 1. The molecule has 0 saturated carbocycles. The van der Waals surface area contributed by atoms with Crippen LogP contribution in [0.3, 0.4) is 0 Å². The highest BCUT2D eigenvalue weighted by molar-refractivity contribution is 7.13.